The molecule has 29 heavy (non-hydrogen) atoms. The molecule has 0 amide bonds. The third kappa shape index (κ3) is 2.93. The van der Waals surface area contributed by atoms with E-state index in [0.717, 1.165) is 10.2 Å². The maximum absolute atomic E-state index is 13.2. The molecule has 2 aromatic heterocycles. The van der Waals surface area contributed by atoms with Crippen molar-refractivity contribution < 1.29 is 22.4 Å². The van der Waals surface area contributed by atoms with Gasteiger partial charge in [-0.05, 0) is 30.0 Å². The molecule has 0 saturated carbocycles. The van der Waals surface area contributed by atoms with Crippen LogP contribution in [0.5, 0.6) is 0 Å². The summed E-state index contributed by atoms with van der Waals surface area (Å²) in [5.74, 6) is -1.19. The summed E-state index contributed by atoms with van der Waals surface area (Å²) in [6.45, 7) is 0. The SMILES string of the molecule is O=C1C[C@@H](c2ccccc2)CC2=C1[C@@H](c1ccco1)n1nc(C(F)(F)F)nc1N2. The monoisotopic (exact) mass is 400 g/mol. The highest BCUT2D eigenvalue weighted by Crippen LogP contribution is 2.44. The van der Waals surface area contributed by atoms with E-state index in [2.05, 4.69) is 15.4 Å². The second kappa shape index (κ2) is 6.33. The van der Waals surface area contributed by atoms with Crippen molar-refractivity contribution in [2.75, 3.05) is 5.32 Å². The van der Waals surface area contributed by atoms with E-state index in [9.17, 15) is 18.0 Å². The molecule has 148 valence electrons. The number of rotatable bonds is 2. The van der Waals surface area contributed by atoms with Crippen LogP contribution in [-0.4, -0.2) is 20.5 Å². The lowest BCUT2D eigenvalue weighted by Crippen LogP contribution is -2.33. The maximum Gasteiger partial charge on any atom is 0.453 e. The fraction of sp³-hybridized carbons (Fsp3) is 0.250. The van der Waals surface area contributed by atoms with Crippen molar-refractivity contribution in [1.82, 2.24) is 14.8 Å². The molecule has 1 aromatic carbocycles. The number of allylic oxidation sites excluding steroid dienone is 2. The predicted octanol–water partition coefficient (Wildman–Crippen LogP) is 4.31. The normalized spacial score (nSPS) is 21.6. The minimum Gasteiger partial charge on any atom is -0.467 e. The third-order valence-corrected chi connectivity index (χ3v) is 5.26. The standard InChI is InChI=1S/C20H15F3N4O2/c21-20(22,23)18-25-19-24-13-9-12(11-5-2-1-3-6-11)10-14(28)16(13)17(27(19)26-18)15-7-4-8-29-15/h1-8,12,17H,9-10H2,(H,24,25,26)/t12-,17+/m0/s1. The van der Waals surface area contributed by atoms with Crippen LogP contribution in [-0.2, 0) is 11.0 Å². The Hall–Kier alpha value is -3.36. The number of hydrogen-bond donors (Lipinski definition) is 1. The van der Waals surface area contributed by atoms with Crippen LogP contribution in [0.15, 0.2) is 64.4 Å². The molecule has 0 saturated heterocycles. The number of furan rings is 1. The first kappa shape index (κ1) is 17.7. The van der Waals surface area contributed by atoms with Crippen LogP contribution < -0.4 is 5.32 Å². The zero-order valence-electron chi connectivity index (χ0n) is 15.0. The van der Waals surface area contributed by atoms with Crippen molar-refractivity contribution in [3.05, 3.63) is 77.1 Å². The van der Waals surface area contributed by atoms with Crippen LogP contribution in [0.25, 0.3) is 0 Å². The van der Waals surface area contributed by atoms with E-state index in [-0.39, 0.29) is 24.1 Å². The number of Topliss-reactive ketones (excluding diaryl/α,β-unsaturated/α-hetero) is 1. The molecular formula is C20H15F3N4O2. The van der Waals surface area contributed by atoms with Gasteiger partial charge in [-0.2, -0.15) is 18.2 Å². The Morgan fingerprint density at radius 3 is 2.59 bits per heavy atom. The van der Waals surface area contributed by atoms with Gasteiger partial charge in [-0.15, -0.1) is 5.10 Å². The van der Waals surface area contributed by atoms with Gasteiger partial charge >= 0.3 is 6.18 Å². The molecule has 0 fully saturated rings. The number of anilines is 1. The van der Waals surface area contributed by atoms with Gasteiger partial charge in [0.1, 0.15) is 11.8 Å². The number of carbonyl (C=O) groups excluding carboxylic acids is 1. The van der Waals surface area contributed by atoms with Gasteiger partial charge in [-0.25, -0.2) is 4.68 Å². The predicted molar refractivity (Wildman–Crippen MR) is 95.9 cm³/mol. The molecule has 6 nitrogen and oxygen atoms in total. The van der Waals surface area contributed by atoms with Crippen molar-refractivity contribution in [1.29, 1.82) is 0 Å². The molecule has 0 spiro atoms. The average molecular weight is 400 g/mol. The summed E-state index contributed by atoms with van der Waals surface area (Å²) in [5, 5.41) is 6.55. The number of alkyl halides is 3. The van der Waals surface area contributed by atoms with Crippen LogP contribution >= 0.6 is 0 Å². The van der Waals surface area contributed by atoms with Crippen molar-refractivity contribution in [3.8, 4) is 0 Å². The lowest BCUT2D eigenvalue weighted by Gasteiger charge is -2.34. The highest BCUT2D eigenvalue weighted by molar-refractivity contribution is 6.00. The fourth-order valence-electron chi connectivity index (χ4n) is 4.00. The first-order chi connectivity index (χ1) is 13.9. The summed E-state index contributed by atoms with van der Waals surface area (Å²) in [4.78, 5) is 16.7. The van der Waals surface area contributed by atoms with Gasteiger partial charge in [0.2, 0.25) is 5.95 Å². The highest BCUT2D eigenvalue weighted by atomic mass is 19.4. The van der Waals surface area contributed by atoms with Gasteiger partial charge in [0.25, 0.3) is 5.82 Å². The van der Waals surface area contributed by atoms with E-state index in [1.54, 1.807) is 12.1 Å². The second-order valence-corrected chi connectivity index (χ2v) is 7.08. The Labute approximate surface area is 163 Å². The minimum atomic E-state index is -4.70. The molecule has 5 rings (SSSR count). The third-order valence-electron chi connectivity index (χ3n) is 5.26. The molecule has 1 N–H and O–H groups in total. The van der Waals surface area contributed by atoms with Crippen LogP contribution in [0.4, 0.5) is 19.1 Å². The van der Waals surface area contributed by atoms with Crippen LogP contribution in [0.1, 0.15) is 41.9 Å². The van der Waals surface area contributed by atoms with E-state index in [4.69, 9.17) is 4.42 Å². The second-order valence-electron chi connectivity index (χ2n) is 7.08. The van der Waals surface area contributed by atoms with Gasteiger partial charge in [-0.1, -0.05) is 30.3 Å². The van der Waals surface area contributed by atoms with E-state index >= 15 is 0 Å². The fourth-order valence-corrected chi connectivity index (χ4v) is 4.00. The van der Waals surface area contributed by atoms with Crippen LogP contribution in [0.3, 0.4) is 0 Å². The summed E-state index contributed by atoms with van der Waals surface area (Å²) in [6, 6.07) is 11.9. The molecule has 3 aromatic rings. The largest absolute Gasteiger partial charge is 0.467 e. The summed E-state index contributed by atoms with van der Waals surface area (Å²) in [7, 11) is 0. The molecular weight excluding hydrogens is 385 g/mol. The number of aromatic nitrogens is 3. The Morgan fingerprint density at radius 2 is 1.90 bits per heavy atom. The number of ketones is 1. The maximum atomic E-state index is 13.2. The quantitative estimate of drug-likeness (QED) is 0.694. The molecule has 1 aliphatic heterocycles. The summed E-state index contributed by atoms with van der Waals surface area (Å²) in [6.07, 6.45) is -2.54. The van der Waals surface area contributed by atoms with E-state index in [0.29, 0.717) is 23.5 Å². The number of fused-ring (bicyclic) bond motifs is 1. The molecule has 9 heteroatoms. The first-order valence-electron chi connectivity index (χ1n) is 9.07. The smallest absolute Gasteiger partial charge is 0.453 e. The number of nitrogens with zero attached hydrogens (tertiary/aromatic N) is 3. The minimum absolute atomic E-state index is 0.0565. The zero-order chi connectivity index (χ0) is 20.2. The number of carbonyl (C=O) groups is 1. The number of benzene rings is 1. The topological polar surface area (TPSA) is 73.0 Å². The van der Waals surface area contributed by atoms with Crippen molar-refractivity contribution >= 4 is 11.7 Å². The number of nitrogens with one attached hydrogen (secondary N) is 1. The lowest BCUT2D eigenvalue weighted by molar-refractivity contribution is -0.145. The van der Waals surface area contributed by atoms with Crippen LogP contribution in [0.2, 0.25) is 0 Å². The summed E-state index contributed by atoms with van der Waals surface area (Å²) >= 11 is 0. The Balaban J connectivity index is 1.61. The van der Waals surface area contributed by atoms with Gasteiger partial charge in [0, 0.05) is 17.7 Å². The number of hydrogen-bond acceptors (Lipinski definition) is 5. The van der Waals surface area contributed by atoms with Gasteiger partial charge in [0.15, 0.2) is 5.78 Å². The van der Waals surface area contributed by atoms with E-state index in [1.165, 1.54) is 6.26 Å². The molecule has 1 aliphatic carbocycles. The Kier molecular flexibility index (Phi) is 3.87. The first-order valence-corrected chi connectivity index (χ1v) is 9.07. The van der Waals surface area contributed by atoms with E-state index < -0.39 is 18.0 Å². The van der Waals surface area contributed by atoms with E-state index in [1.807, 2.05) is 30.3 Å². The Morgan fingerprint density at radius 1 is 1.10 bits per heavy atom. The molecule has 3 heterocycles. The van der Waals surface area contributed by atoms with Gasteiger partial charge < -0.3 is 9.73 Å². The van der Waals surface area contributed by atoms with Crippen molar-refractivity contribution in [3.63, 3.8) is 0 Å². The molecule has 0 bridgehead atoms. The Bertz CT molecular complexity index is 1100. The molecule has 2 aliphatic rings. The molecule has 2 atom stereocenters. The summed E-state index contributed by atoms with van der Waals surface area (Å²) < 4.78 is 46.1. The van der Waals surface area contributed by atoms with Crippen LogP contribution in [0, 0.1) is 0 Å². The van der Waals surface area contributed by atoms with Crippen molar-refractivity contribution in [2.45, 2.75) is 31.0 Å². The van der Waals surface area contributed by atoms with Gasteiger partial charge in [-0.3, -0.25) is 4.79 Å². The van der Waals surface area contributed by atoms with Crippen molar-refractivity contribution in [2.24, 2.45) is 0 Å². The lowest BCUT2D eigenvalue weighted by atomic mass is 9.79. The number of halogens is 3. The highest BCUT2D eigenvalue weighted by Gasteiger charge is 2.44. The molecule has 0 radical (unpaired) electrons. The zero-order valence-corrected chi connectivity index (χ0v) is 15.0. The average Bonchev–Trinajstić information content (AvgIpc) is 3.36. The summed E-state index contributed by atoms with van der Waals surface area (Å²) in [5.41, 5.74) is 1.94. The molecule has 0 unspecified atom stereocenters. The van der Waals surface area contributed by atoms with Gasteiger partial charge in [0.05, 0.1) is 6.26 Å².